The summed E-state index contributed by atoms with van der Waals surface area (Å²) in [5.74, 6) is -1.85. The summed E-state index contributed by atoms with van der Waals surface area (Å²) in [6, 6.07) is 0. The van der Waals surface area contributed by atoms with Gasteiger partial charge in [-0.3, -0.25) is 0 Å². The molecule has 0 spiro atoms. The molecule has 1 rings (SSSR count). The molecular weight excluding hydrogens is 324 g/mol. The van der Waals surface area contributed by atoms with Gasteiger partial charge in [-0.25, -0.2) is 4.79 Å². The van der Waals surface area contributed by atoms with E-state index in [4.69, 9.17) is 14.9 Å². The molecular formula is C11H20O12. The summed E-state index contributed by atoms with van der Waals surface area (Å²) in [7, 11) is 0. The van der Waals surface area contributed by atoms with Crippen molar-refractivity contribution in [3.8, 4) is 0 Å². The molecule has 0 bridgehead atoms. The first-order valence-electron chi connectivity index (χ1n) is 6.52. The van der Waals surface area contributed by atoms with Gasteiger partial charge in [-0.05, 0) is 0 Å². The van der Waals surface area contributed by atoms with Gasteiger partial charge in [0.15, 0.2) is 18.7 Å². The van der Waals surface area contributed by atoms with Crippen LogP contribution in [-0.2, 0) is 14.3 Å². The van der Waals surface area contributed by atoms with Crippen molar-refractivity contribution in [1.82, 2.24) is 0 Å². The molecule has 9 unspecified atom stereocenters. The maximum Gasteiger partial charge on any atom is 0.335 e. The molecule has 1 aliphatic rings. The number of rotatable bonds is 7. The predicted molar refractivity (Wildman–Crippen MR) is 66.5 cm³/mol. The number of hydrogen-bond acceptors (Lipinski definition) is 11. The van der Waals surface area contributed by atoms with E-state index in [1.807, 2.05) is 0 Å². The number of aliphatic hydroxyl groups excluding tert-OH is 8. The Morgan fingerprint density at radius 3 is 2.09 bits per heavy atom. The molecule has 0 aromatic carbocycles. The zero-order valence-corrected chi connectivity index (χ0v) is 11.7. The van der Waals surface area contributed by atoms with Gasteiger partial charge in [0.25, 0.3) is 0 Å². The van der Waals surface area contributed by atoms with Gasteiger partial charge in [0.1, 0.15) is 36.6 Å². The minimum atomic E-state index is -2.40. The van der Waals surface area contributed by atoms with E-state index in [0.717, 1.165) is 0 Å². The van der Waals surface area contributed by atoms with E-state index in [1.54, 1.807) is 0 Å². The van der Waals surface area contributed by atoms with E-state index in [-0.39, 0.29) is 0 Å². The third kappa shape index (κ3) is 4.54. The highest BCUT2D eigenvalue weighted by Crippen LogP contribution is 2.24. The van der Waals surface area contributed by atoms with Gasteiger partial charge in [0.2, 0.25) is 0 Å². The quantitative estimate of drug-likeness (QED) is 0.211. The Morgan fingerprint density at radius 2 is 1.61 bits per heavy atom. The second-order valence-corrected chi connectivity index (χ2v) is 4.99. The second kappa shape index (κ2) is 8.25. The van der Waals surface area contributed by atoms with Crippen LogP contribution >= 0.6 is 0 Å². The zero-order chi connectivity index (χ0) is 17.9. The van der Waals surface area contributed by atoms with Crippen LogP contribution in [0.4, 0.5) is 0 Å². The fourth-order valence-electron chi connectivity index (χ4n) is 1.93. The number of carboxylic acids is 1. The van der Waals surface area contributed by atoms with Crippen molar-refractivity contribution < 1.29 is 60.2 Å². The standard InChI is InChI=1S/C11H20O12/c12-1-2(13)8(4(15)5(16)9(19)20)22-11-7(18)3(14)6(17)10(21)23-11/h2-8,10-18,21H,1H2,(H,19,20). The van der Waals surface area contributed by atoms with Crippen molar-refractivity contribution in [2.24, 2.45) is 0 Å². The summed E-state index contributed by atoms with van der Waals surface area (Å²) in [5.41, 5.74) is 0. The second-order valence-electron chi connectivity index (χ2n) is 4.99. The Kier molecular flexibility index (Phi) is 7.22. The average Bonchev–Trinajstić information content (AvgIpc) is 2.52. The van der Waals surface area contributed by atoms with Gasteiger partial charge in [-0.2, -0.15) is 0 Å². The molecule has 1 heterocycles. The Morgan fingerprint density at radius 1 is 1.04 bits per heavy atom. The monoisotopic (exact) mass is 344 g/mol. The van der Waals surface area contributed by atoms with Crippen LogP contribution in [0.1, 0.15) is 0 Å². The van der Waals surface area contributed by atoms with Crippen LogP contribution in [0.3, 0.4) is 0 Å². The van der Waals surface area contributed by atoms with Crippen LogP contribution in [-0.4, -0.2) is 114 Å². The van der Waals surface area contributed by atoms with Crippen molar-refractivity contribution in [2.45, 2.75) is 55.3 Å². The molecule has 1 aliphatic heterocycles. The smallest absolute Gasteiger partial charge is 0.335 e. The molecule has 0 aliphatic carbocycles. The summed E-state index contributed by atoms with van der Waals surface area (Å²) in [5, 5.41) is 83.9. The lowest BCUT2D eigenvalue weighted by Crippen LogP contribution is -2.61. The molecule has 0 radical (unpaired) electrons. The molecule has 1 saturated heterocycles. The van der Waals surface area contributed by atoms with E-state index in [9.17, 15) is 40.5 Å². The summed E-state index contributed by atoms with van der Waals surface area (Å²) in [4.78, 5) is 10.7. The molecule has 0 aromatic rings. The summed E-state index contributed by atoms with van der Waals surface area (Å²) in [6.07, 6.45) is -18.1. The largest absolute Gasteiger partial charge is 0.479 e. The van der Waals surface area contributed by atoms with E-state index in [2.05, 4.69) is 4.74 Å². The third-order valence-corrected chi connectivity index (χ3v) is 3.32. The molecule has 0 aromatic heterocycles. The topological polar surface area (TPSA) is 218 Å². The number of carbonyl (C=O) groups is 1. The van der Waals surface area contributed by atoms with E-state index in [0.29, 0.717) is 0 Å². The van der Waals surface area contributed by atoms with Crippen LogP contribution in [0.25, 0.3) is 0 Å². The van der Waals surface area contributed by atoms with Gasteiger partial charge in [-0.1, -0.05) is 0 Å². The van der Waals surface area contributed by atoms with Crippen LogP contribution in [0.2, 0.25) is 0 Å². The molecule has 23 heavy (non-hydrogen) atoms. The fourth-order valence-corrected chi connectivity index (χ4v) is 1.93. The fraction of sp³-hybridized carbons (Fsp3) is 0.909. The van der Waals surface area contributed by atoms with Gasteiger partial charge in [0, 0.05) is 0 Å². The van der Waals surface area contributed by atoms with Crippen molar-refractivity contribution in [3.05, 3.63) is 0 Å². The van der Waals surface area contributed by atoms with Gasteiger partial charge >= 0.3 is 5.97 Å². The molecule has 1 fully saturated rings. The molecule has 12 nitrogen and oxygen atoms in total. The van der Waals surface area contributed by atoms with Gasteiger partial charge < -0.3 is 55.4 Å². The van der Waals surface area contributed by atoms with E-state index in [1.165, 1.54) is 0 Å². The zero-order valence-electron chi connectivity index (χ0n) is 11.7. The maximum absolute atomic E-state index is 10.7. The molecule has 136 valence electrons. The van der Waals surface area contributed by atoms with Crippen molar-refractivity contribution in [2.75, 3.05) is 6.61 Å². The highest BCUT2D eigenvalue weighted by atomic mass is 16.8. The lowest BCUT2D eigenvalue weighted by atomic mass is 10.0. The first-order chi connectivity index (χ1) is 10.6. The summed E-state index contributed by atoms with van der Waals surface area (Å²) < 4.78 is 9.53. The molecule has 0 amide bonds. The predicted octanol–water partition coefficient (Wildman–Crippen LogP) is -5.71. The number of carboxylic acid groups (broad SMARTS) is 1. The molecule has 9 atom stereocenters. The Balaban J connectivity index is 2.90. The van der Waals surface area contributed by atoms with Crippen molar-refractivity contribution in [3.63, 3.8) is 0 Å². The Labute approximate surface area is 129 Å². The van der Waals surface area contributed by atoms with E-state index < -0.39 is 67.9 Å². The minimum Gasteiger partial charge on any atom is -0.479 e. The minimum absolute atomic E-state index is 1.01. The number of aliphatic carboxylic acids is 1. The SMILES string of the molecule is O=C(O)C(O)C(O)C(OC1OC(O)C(O)C(O)C1O)C(O)CO. The van der Waals surface area contributed by atoms with Crippen LogP contribution in [0, 0.1) is 0 Å². The third-order valence-electron chi connectivity index (χ3n) is 3.32. The van der Waals surface area contributed by atoms with Crippen molar-refractivity contribution >= 4 is 5.97 Å². The molecule has 0 saturated carbocycles. The molecule has 9 N–H and O–H groups in total. The van der Waals surface area contributed by atoms with Gasteiger partial charge in [-0.15, -0.1) is 0 Å². The van der Waals surface area contributed by atoms with Gasteiger partial charge in [0.05, 0.1) is 6.61 Å². The lowest BCUT2D eigenvalue weighted by molar-refractivity contribution is -0.358. The van der Waals surface area contributed by atoms with E-state index >= 15 is 0 Å². The highest BCUT2D eigenvalue weighted by Gasteiger charge is 2.47. The first-order valence-corrected chi connectivity index (χ1v) is 6.52. The Bertz CT molecular complexity index is 391. The Hall–Kier alpha value is -0.930. The number of hydrogen-bond donors (Lipinski definition) is 9. The number of ether oxygens (including phenoxy) is 2. The van der Waals surface area contributed by atoms with Crippen LogP contribution in [0.5, 0.6) is 0 Å². The molecule has 12 heteroatoms. The first kappa shape index (κ1) is 20.1. The van der Waals surface area contributed by atoms with Crippen molar-refractivity contribution in [1.29, 1.82) is 0 Å². The normalized spacial score (nSPS) is 37.0. The highest BCUT2D eigenvalue weighted by molar-refractivity contribution is 5.72. The maximum atomic E-state index is 10.7. The summed E-state index contributed by atoms with van der Waals surface area (Å²) >= 11 is 0. The average molecular weight is 344 g/mol. The van der Waals surface area contributed by atoms with Crippen LogP contribution in [0.15, 0.2) is 0 Å². The lowest BCUT2D eigenvalue weighted by Gasteiger charge is -2.40. The van der Waals surface area contributed by atoms with Crippen LogP contribution < -0.4 is 0 Å². The summed E-state index contributed by atoms with van der Waals surface area (Å²) in [6.45, 7) is -1.01. The number of aliphatic hydroxyl groups is 8.